The zero-order chi connectivity index (χ0) is 13.8. The van der Waals surface area contributed by atoms with E-state index in [-0.39, 0.29) is 24.0 Å². The summed E-state index contributed by atoms with van der Waals surface area (Å²) in [7, 11) is 0. The Labute approximate surface area is 118 Å². The second kappa shape index (κ2) is 6.50. The van der Waals surface area contributed by atoms with Crippen molar-refractivity contribution in [3.63, 3.8) is 0 Å². The summed E-state index contributed by atoms with van der Waals surface area (Å²) in [6.45, 7) is 6.05. The molecule has 2 heterocycles. The minimum atomic E-state index is -0.218. The molecule has 1 aliphatic heterocycles. The number of amides is 1. The van der Waals surface area contributed by atoms with E-state index in [1.165, 1.54) is 4.88 Å². The average molecular weight is 282 g/mol. The molecule has 106 valence electrons. The summed E-state index contributed by atoms with van der Waals surface area (Å²) < 4.78 is 0. The largest absolute Gasteiger partial charge is 0.393 e. The first-order valence-corrected chi connectivity index (χ1v) is 7.67. The van der Waals surface area contributed by atoms with Crippen molar-refractivity contribution >= 4 is 17.2 Å². The summed E-state index contributed by atoms with van der Waals surface area (Å²) in [5.41, 5.74) is 0. The van der Waals surface area contributed by atoms with E-state index in [2.05, 4.69) is 10.2 Å². The van der Waals surface area contributed by atoms with Crippen molar-refractivity contribution in [1.29, 1.82) is 0 Å². The van der Waals surface area contributed by atoms with Crippen LogP contribution >= 0.6 is 11.3 Å². The van der Waals surface area contributed by atoms with Crippen molar-refractivity contribution < 1.29 is 9.90 Å². The van der Waals surface area contributed by atoms with Crippen LogP contribution in [0, 0.1) is 5.92 Å². The maximum absolute atomic E-state index is 12.0. The lowest BCUT2D eigenvalue weighted by atomic mass is 9.97. The van der Waals surface area contributed by atoms with Gasteiger partial charge >= 0.3 is 0 Å². The quantitative estimate of drug-likeness (QED) is 0.882. The molecule has 1 saturated heterocycles. The van der Waals surface area contributed by atoms with Crippen LogP contribution < -0.4 is 5.32 Å². The lowest BCUT2D eigenvalue weighted by Crippen LogP contribution is -2.46. The third kappa shape index (κ3) is 4.03. The third-order valence-corrected chi connectivity index (χ3v) is 4.71. The number of likely N-dealkylation sites (tertiary alicyclic amines) is 1. The van der Waals surface area contributed by atoms with Gasteiger partial charge in [0.1, 0.15) is 0 Å². The number of carbonyl (C=O) groups is 1. The molecule has 0 saturated carbocycles. The minimum Gasteiger partial charge on any atom is -0.393 e. The summed E-state index contributed by atoms with van der Waals surface area (Å²) in [6.07, 6.45) is 0.541. The average Bonchev–Trinajstić information content (AvgIpc) is 2.87. The Balaban J connectivity index is 1.78. The van der Waals surface area contributed by atoms with Crippen molar-refractivity contribution in [2.75, 3.05) is 19.6 Å². The first-order valence-electron chi connectivity index (χ1n) is 6.79. The van der Waals surface area contributed by atoms with E-state index >= 15 is 0 Å². The first-order chi connectivity index (χ1) is 9.06. The van der Waals surface area contributed by atoms with Gasteiger partial charge in [0.15, 0.2) is 0 Å². The molecule has 4 nitrogen and oxygen atoms in total. The van der Waals surface area contributed by atoms with Crippen LogP contribution in [0.4, 0.5) is 0 Å². The van der Waals surface area contributed by atoms with Crippen LogP contribution in [0.2, 0.25) is 0 Å². The summed E-state index contributed by atoms with van der Waals surface area (Å²) in [4.78, 5) is 15.3. The Kier molecular flexibility index (Phi) is 4.96. The number of rotatable bonds is 4. The van der Waals surface area contributed by atoms with E-state index in [0.717, 1.165) is 19.5 Å². The number of thiophene rings is 1. The molecule has 3 atom stereocenters. The van der Waals surface area contributed by atoms with Crippen molar-refractivity contribution in [3.05, 3.63) is 22.4 Å². The Hall–Kier alpha value is -0.910. The van der Waals surface area contributed by atoms with Crippen LogP contribution in [0.15, 0.2) is 17.5 Å². The molecule has 1 aromatic rings. The summed E-state index contributed by atoms with van der Waals surface area (Å²) in [6, 6.07) is 4.10. The number of aliphatic hydroxyl groups excluding tert-OH is 1. The van der Waals surface area contributed by atoms with Crippen molar-refractivity contribution in [3.8, 4) is 0 Å². The minimum absolute atomic E-state index is 0.0597. The van der Waals surface area contributed by atoms with Gasteiger partial charge in [-0.2, -0.15) is 0 Å². The van der Waals surface area contributed by atoms with Crippen LogP contribution in [0.3, 0.4) is 0 Å². The van der Waals surface area contributed by atoms with Gasteiger partial charge in [0.25, 0.3) is 0 Å². The third-order valence-electron chi connectivity index (χ3n) is 3.66. The number of aliphatic hydroxyl groups is 1. The Bertz CT molecular complexity index is 408. The lowest BCUT2D eigenvalue weighted by Gasteiger charge is -2.34. The van der Waals surface area contributed by atoms with Crippen LogP contribution in [-0.2, 0) is 4.79 Å². The maximum Gasteiger partial charge on any atom is 0.234 e. The van der Waals surface area contributed by atoms with Crippen LogP contribution in [-0.4, -0.2) is 41.7 Å². The monoisotopic (exact) mass is 282 g/mol. The fourth-order valence-electron chi connectivity index (χ4n) is 2.46. The molecule has 0 spiro atoms. The fourth-order valence-corrected chi connectivity index (χ4v) is 3.20. The van der Waals surface area contributed by atoms with Gasteiger partial charge in [-0.3, -0.25) is 9.69 Å². The molecule has 1 fully saturated rings. The topological polar surface area (TPSA) is 52.6 Å². The molecule has 0 radical (unpaired) electrons. The molecule has 0 aromatic carbocycles. The maximum atomic E-state index is 12.0. The van der Waals surface area contributed by atoms with E-state index < -0.39 is 0 Å². The second-order valence-electron chi connectivity index (χ2n) is 5.37. The number of carbonyl (C=O) groups excluding carboxylic acids is 1. The molecule has 3 unspecified atom stereocenters. The Morgan fingerprint density at radius 3 is 3.11 bits per heavy atom. The fraction of sp³-hybridized carbons (Fsp3) is 0.643. The van der Waals surface area contributed by atoms with Gasteiger partial charge in [-0.05, 0) is 30.7 Å². The highest BCUT2D eigenvalue weighted by Gasteiger charge is 2.25. The zero-order valence-electron chi connectivity index (χ0n) is 11.5. The van der Waals surface area contributed by atoms with E-state index in [9.17, 15) is 9.90 Å². The molecule has 2 rings (SSSR count). The highest BCUT2D eigenvalue weighted by atomic mass is 32.1. The first kappa shape index (κ1) is 14.5. The molecule has 1 aliphatic rings. The predicted molar refractivity (Wildman–Crippen MR) is 77.1 cm³/mol. The van der Waals surface area contributed by atoms with Gasteiger partial charge in [0.05, 0.1) is 18.7 Å². The van der Waals surface area contributed by atoms with Crippen molar-refractivity contribution in [2.45, 2.75) is 32.4 Å². The van der Waals surface area contributed by atoms with Gasteiger partial charge in [0.2, 0.25) is 5.91 Å². The van der Waals surface area contributed by atoms with E-state index in [0.29, 0.717) is 6.54 Å². The van der Waals surface area contributed by atoms with Crippen molar-refractivity contribution in [1.82, 2.24) is 10.2 Å². The molecule has 0 aliphatic carbocycles. The lowest BCUT2D eigenvalue weighted by molar-refractivity contribution is -0.123. The van der Waals surface area contributed by atoms with Crippen LogP contribution in [0.1, 0.15) is 31.2 Å². The SMILES string of the molecule is CC(NC(=O)CN1CCC(O)C(C)C1)c1cccs1. The van der Waals surface area contributed by atoms with Crippen molar-refractivity contribution in [2.24, 2.45) is 5.92 Å². The zero-order valence-corrected chi connectivity index (χ0v) is 12.3. The number of nitrogens with one attached hydrogen (secondary N) is 1. The van der Waals surface area contributed by atoms with E-state index in [1.807, 2.05) is 31.4 Å². The standard InChI is InChI=1S/C14H22N2O2S/c1-10-8-16(6-5-12(10)17)9-14(18)15-11(2)13-4-3-7-19-13/h3-4,7,10-12,17H,5-6,8-9H2,1-2H3,(H,15,18). The molecule has 1 amide bonds. The second-order valence-corrected chi connectivity index (χ2v) is 6.35. The molecular weight excluding hydrogens is 260 g/mol. The smallest absolute Gasteiger partial charge is 0.234 e. The molecule has 1 aromatic heterocycles. The molecule has 2 N–H and O–H groups in total. The van der Waals surface area contributed by atoms with Gasteiger partial charge in [-0.1, -0.05) is 13.0 Å². The number of nitrogens with zero attached hydrogens (tertiary/aromatic N) is 1. The van der Waals surface area contributed by atoms with Gasteiger partial charge in [-0.15, -0.1) is 11.3 Å². The number of piperidine rings is 1. The highest BCUT2D eigenvalue weighted by Crippen LogP contribution is 2.19. The molecular formula is C14H22N2O2S. The van der Waals surface area contributed by atoms with Gasteiger partial charge in [-0.25, -0.2) is 0 Å². The summed E-state index contributed by atoms with van der Waals surface area (Å²) in [5, 5.41) is 14.7. The highest BCUT2D eigenvalue weighted by molar-refractivity contribution is 7.10. The molecule has 5 heteroatoms. The summed E-state index contributed by atoms with van der Waals surface area (Å²) in [5.74, 6) is 0.306. The van der Waals surface area contributed by atoms with E-state index in [4.69, 9.17) is 0 Å². The predicted octanol–water partition coefficient (Wildman–Crippen LogP) is 1.63. The number of hydrogen-bond donors (Lipinski definition) is 2. The summed E-state index contributed by atoms with van der Waals surface area (Å²) >= 11 is 1.66. The molecule has 19 heavy (non-hydrogen) atoms. The van der Waals surface area contributed by atoms with Crippen LogP contribution in [0.25, 0.3) is 0 Å². The normalized spacial score (nSPS) is 26.1. The van der Waals surface area contributed by atoms with E-state index in [1.54, 1.807) is 11.3 Å². The van der Waals surface area contributed by atoms with Gasteiger partial charge in [0, 0.05) is 18.0 Å². The Morgan fingerprint density at radius 2 is 2.47 bits per heavy atom. The van der Waals surface area contributed by atoms with Gasteiger partial charge < -0.3 is 10.4 Å². The Morgan fingerprint density at radius 1 is 1.68 bits per heavy atom. The number of hydrogen-bond acceptors (Lipinski definition) is 4. The van der Waals surface area contributed by atoms with Crippen LogP contribution in [0.5, 0.6) is 0 Å². The molecule has 0 bridgehead atoms.